The highest BCUT2D eigenvalue weighted by Gasteiger charge is 2.14. The van der Waals surface area contributed by atoms with Crippen LogP contribution in [-0.2, 0) is 20.2 Å². The molecule has 0 saturated heterocycles. The van der Waals surface area contributed by atoms with E-state index in [4.69, 9.17) is 11.6 Å². The molecule has 120 valence electrons. The van der Waals surface area contributed by atoms with Crippen LogP contribution in [0.3, 0.4) is 0 Å². The van der Waals surface area contributed by atoms with E-state index in [1.165, 1.54) is 24.3 Å². The zero-order valence-electron chi connectivity index (χ0n) is 11.6. The number of rotatable bonds is 6. The molecule has 0 aliphatic rings. The molecule has 0 radical (unpaired) electrons. The van der Waals surface area contributed by atoms with Gasteiger partial charge in [0, 0.05) is 17.7 Å². The van der Waals surface area contributed by atoms with Crippen LogP contribution in [0.5, 0.6) is 0 Å². The molecule has 9 heteroatoms. The number of non-ortho nitro benzene ring substituents is 1. The summed E-state index contributed by atoms with van der Waals surface area (Å²) in [5.41, 5.74) is 0.733. The minimum Gasteiger partial charge on any atom is -0.267 e. The maximum Gasteiger partial charge on any atom is 0.332 e. The van der Waals surface area contributed by atoms with Crippen molar-refractivity contribution in [2.24, 2.45) is 5.16 Å². The van der Waals surface area contributed by atoms with Crippen molar-refractivity contribution in [1.82, 2.24) is 0 Å². The van der Waals surface area contributed by atoms with E-state index in [0.717, 1.165) is 0 Å². The fourth-order valence-corrected chi connectivity index (χ4v) is 2.71. The predicted octanol–water partition coefficient (Wildman–Crippen LogP) is 3.04. The first-order valence-corrected chi connectivity index (χ1v) is 8.26. The van der Waals surface area contributed by atoms with Gasteiger partial charge in [0.15, 0.2) is 5.17 Å². The second-order valence-electron chi connectivity index (χ2n) is 4.45. The highest BCUT2D eigenvalue weighted by molar-refractivity contribution is 7.85. The fourth-order valence-electron chi connectivity index (χ4n) is 1.67. The van der Waals surface area contributed by atoms with Crippen LogP contribution in [0.2, 0.25) is 0 Å². The summed E-state index contributed by atoms with van der Waals surface area (Å²) in [4.78, 5) is 9.99. The summed E-state index contributed by atoms with van der Waals surface area (Å²) >= 11 is 5.84. The number of hydrogen-bond donors (Lipinski definition) is 0. The summed E-state index contributed by atoms with van der Waals surface area (Å²) in [6.45, 7) is 0. The van der Waals surface area contributed by atoms with E-state index in [0.29, 0.717) is 11.1 Å². The second-order valence-corrected chi connectivity index (χ2v) is 6.36. The average Bonchev–Trinajstić information content (AvgIpc) is 2.53. The van der Waals surface area contributed by atoms with Gasteiger partial charge in [0.25, 0.3) is 5.69 Å². The Morgan fingerprint density at radius 3 is 2.30 bits per heavy atom. The topological polar surface area (TPSA) is 98.9 Å². The van der Waals surface area contributed by atoms with Crippen molar-refractivity contribution in [3.05, 3.63) is 75.8 Å². The molecule has 0 saturated carbocycles. The van der Waals surface area contributed by atoms with Gasteiger partial charge in [-0.05, 0) is 17.7 Å². The Hall–Kier alpha value is -2.45. The van der Waals surface area contributed by atoms with Crippen LogP contribution >= 0.6 is 11.6 Å². The number of oxime groups is 1. The molecule has 0 bridgehead atoms. The van der Waals surface area contributed by atoms with Crippen LogP contribution in [0.4, 0.5) is 5.69 Å². The molecule has 2 aromatic carbocycles. The van der Waals surface area contributed by atoms with E-state index in [1.54, 1.807) is 30.3 Å². The van der Waals surface area contributed by atoms with Crippen LogP contribution in [0.15, 0.2) is 59.8 Å². The van der Waals surface area contributed by atoms with Crippen LogP contribution < -0.4 is 0 Å². The minimum atomic E-state index is -3.94. The normalized spacial score (nSPS) is 12.0. The van der Waals surface area contributed by atoms with Gasteiger partial charge in [-0.2, -0.15) is 8.42 Å². The Morgan fingerprint density at radius 2 is 1.74 bits per heavy atom. The maximum atomic E-state index is 11.8. The number of nitrogens with zero attached hydrogens (tertiary/aromatic N) is 2. The molecular formula is C14H11ClN2O5S. The Bertz CT molecular complexity index is 820. The molecule has 23 heavy (non-hydrogen) atoms. The van der Waals surface area contributed by atoms with E-state index < -0.39 is 15.0 Å². The first-order valence-electron chi connectivity index (χ1n) is 6.31. The first-order chi connectivity index (χ1) is 10.9. The predicted molar refractivity (Wildman–Crippen MR) is 85.6 cm³/mol. The van der Waals surface area contributed by atoms with E-state index in [9.17, 15) is 18.5 Å². The van der Waals surface area contributed by atoms with Gasteiger partial charge in [-0.1, -0.05) is 47.1 Å². The largest absolute Gasteiger partial charge is 0.332 e. The lowest BCUT2D eigenvalue weighted by molar-refractivity contribution is -0.384. The molecule has 0 aromatic heterocycles. The SMILES string of the molecule is O=[N+]([O-])c1ccc(/C(Cl)=N/OS(=O)(=O)Cc2ccccc2)cc1. The van der Waals surface area contributed by atoms with E-state index >= 15 is 0 Å². The average molecular weight is 355 g/mol. The van der Waals surface area contributed by atoms with Gasteiger partial charge < -0.3 is 0 Å². The van der Waals surface area contributed by atoms with Gasteiger partial charge in [0.2, 0.25) is 0 Å². The molecule has 7 nitrogen and oxygen atoms in total. The van der Waals surface area contributed by atoms with Crippen molar-refractivity contribution in [2.75, 3.05) is 0 Å². The van der Waals surface area contributed by atoms with Gasteiger partial charge >= 0.3 is 10.1 Å². The number of halogens is 1. The van der Waals surface area contributed by atoms with Crippen molar-refractivity contribution in [2.45, 2.75) is 5.75 Å². The maximum absolute atomic E-state index is 11.8. The third-order valence-corrected chi connectivity index (χ3v) is 4.01. The Kier molecular flexibility index (Phi) is 5.30. The third kappa shape index (κ3) is 5.04. The Morgan fingerprint density at radius 1 is 1.13 bits per heavy atom. The molecule has 0 spiro atoms. The van der Waals surface area contributed by atoms with Gasteiger partial charge in [0.1, 0.15) is 5.75 Å². The molecule has 0 fully saturated rings. The zero-order valence-corrected chi connectivity index (χ0v) is 13.2. The Labute approximate surface area is 137 Å². The zero-order chi connectivity index (χ0) is 16.9. The monoisotopic (exact) mass is 354 g/mol. The summed E-state index contributed by atoms with van der Waals surface area (Å²) in [5, 5.41) is 13.7. The van der Waals surface area contributed by atoms with Crippen LogP contribution in [0, 0.1) is 10.1 Å². The van der Waals surface area contributed by atoms with Crippen molar-refractivity contribution in [1.29, 1.82) is 0 Å². The molecular weight excluding hydrogens is 344 g/mol. The summed E-state index contributed by atoms with van der Waals surface area (Å²) in [5.74, 6) is -0.345. The highest BCUT2D eigenvalue weighted by Crippen LogP contribution is 2.15. The molecule has 2 aromatic rings. The molecule has 0 heterocycles. The van der Waals surface area contributed by atoms with Gasteiger partial charge in [0.05, 0.1) is 4.92 Å². The number of hydrogen-bond acceptors (Lipinski definition) is 6. The van der Waals surface area contributed by atoms with E-state index in [-0.39, 0.29) is 16.6 Å². The minimum absolute atomic E-state index is 0.115. The quantitative estimate of drug-likeness (QED) is 0.451. The molecule has 0 unspecified atom stereocenters. The summed E-state index contributed by atoms with van der Waals surface area (Å²) in [6, 6.07) is 13.6. The van der Waals surface area contributed by atoms with Crippen molar-refractivity contribution in [3.63, 3.8) is 0 Å². The third-order valence-electron chi connectivity index (χ3n) is 2.73. The highest BCUT2D eigenvalue weighted by atomic mass is 35.5. The van der Waals surface area contributed by atoms with Crippen molar-refractivity contribution >= 4 is 32.6 Å². The molecule has 0 aliphatic heterocycles. The molecule has 0 amide bonds. The molecule has 2 rings (SSSR count). The van der Waals surface area contributed by atoms with Crippen molar-refractivity contribution < 1.29 is 17.6 Å². The smallest absolute Gasteiger partial charge is 0.267 e. The molecule has 0 N–H and O–H groups in total. The second kappa shape index (κ2) is 7.21. The lowest BCUT2D eigenvalue weighted by Crippen LogP contribution is -2.06. The lowest BCUT2D eigenvalue weighted by Gasteiger charge is -2.03. The summed E-state index contributed by atoms with van der Waals surface area (Å²) in [7, 11) is -3.94. The lowest BCUT2D eigenvalue weighted by atomic mass is 10.2. The van der Waals surface area contributed by atoms with Gasteiger partial charge in [-0.25, -0.2) is 0 Å². The number of nitro benzene ring substituents is 1. The molecule has 0 aliphatic carbocycles. The number of benzene rings is 2. The van der Waals surface area contributed by atoms with Crippen LogP contribution in [0.25, 0.3) is 0 Å². The summed E-state index contributed by atoms with van der Waals surface area (Å²) < 4.78 is 28.1. The number of nitro groups is 1. The van der Waals surface area contributed by atoms with Crippen molar-refractivity contribution in [3.8, 4) is 0 Å². The summed E-state index contributed by atoms with van der Waals surface area (Å²) in [6.07, 6.45) is 0. The van der Waals surface area contributed by atoms with Crippen LogP contribution in [-0.4, -0.2) is 18.5 Å². The standard InChI is InChI=1S/C14H11ClN2O5S/c15-14(12-6-8-13(9-7-12)17(18)19)16-22-23(20,21)10-11-4-2-1-3-5-11/h1-9H,10H2/b16-14-. The fraction of sp³-hybridized carbons (Fsp3) is 0.0714. The van der Waals surface area contributed by atoms with Gasteiger partial charge in [-0.15, -0.1) is 0 Å². The van der Waals surface area contributed by atoms with E-state index in [1.807, 2.05) is 0 Å². The van der Waals surface area contributed by atoms with Crippen LogP contribution in [0.1, 0.15) is 11.1 Å². The Balaban J connectivity index is 2.07. The first kappa shape index (κ1) is 16.9. The van der Waals surface area contributed by atoms with E-state index in [2.05, 4.69) is 9.44 Å². The molecule has 0 atom stereocenters. The van der Waals surface area contributed by atoms with Gasteiger partial charge in [-0.3, -0.25) is 14.4 Å².